The molecular formula is C27H34FNO3S. The number of aliphatic hydroxyl groups excluding tert-OH is 2. The van der Waals surface area contributed by atoms with Crippen LogP contribution in [0.5, 0.6) is 0 Å². The van der Waals surface area contributed by atoms with Crippen molar-refractivity contribution < 1.29 is 19.3 Å². The summed E-state index contributed by atoms with van der Waals surface area (Å²) in [5.41, 5.74) is 2.70. The number of thiol groups is 1. The van der Waals surface area contributed by atoms with Crippen molar-refractivity contribution in [2.24, 2.45) is 5.92 Å². The second-order valence-electron chi connectivity index (χ2n) is 8.13. The standard InChI is InChI=1S/C25H28FNO3S.C2H6/c1-30-19-11-12-20(23(29)15-19)24-21(25(31)27(24)18-5-3-2-4-6-18)13-14-22(28)16-7-9-17(26)10-8-16;1-2/h2-12,21-25,28-29,31H,13-15H2,1H3;1-2H3. The number of methoxy groups -OCH3 is 1. The van der Waals surface area contributed by atoms with Crippen LogP contribution in [0.2, 0.25) is 0 Å². The molecule has 0 amide bonds. The smallest absolute Gasteiger partial charge is 0.123 e. The third-order valence-corrected chi connectivity index (χ3v) is 6.93. The monoisotopic (exact) mass is 471 g/mol. The van der Waals surface area contributed by atoms with Crippen molar-refractivity contribution in [1.82, 2.24) is 0 Å². The summed E-state index contributed by atoms with van der Waals surface area (Å²) in [6, 6.07) is 16.0. The quantitative estimate of drug-likeness (QED) is 0.457. The molecule has 0 spiro atoms. The van der Waals surface area contributed by atoms with E-state index in [2.05, 4.69) is 4.90 Å². The first-order chi connectivity index (χ1) is 16.0. The van der Waals surface area contributed by atoms with Gasteiger partial charge >= 0.3 is 0 Å². The number of halogens is 1. The van der Waals surface area contributed by atoms with Crippen molar-refractivity contribution in [3.63, 3.8) is 0 Å². The van der Waals surface area contributed by atoms with Gasteiger partial charge in [0.2, 0.25) is 0 Å². The van der Waals surface area contributed by atoms with Gasteiger partial charge in [0.05, 0.1) is 36.5 Å². The maximum atomic E-state index is 13.2. The number of hydrogen-bond donors (Lipinski definition) is 3. The summed E-state index contributed by atoms with van der Waals surface area (Å²) in [6.07, 6.45) is 4.29. The molecule has 0 radical (unpaired) electrons. The molecular weight excluding hydrogens is 437 g/mol. The first-order valence-corrected chi connectivity index (χ1v) is 12.1. The SMILES string of the molecule is CC.COC1=CC=C(C2C(CCC(O)c3ccc(F)cc3)C(S)N2c2ccccc2)C(O)C1. The summed E-state index contributed by atoms with van der Waals surface area (Å²) in [6.45, 7) is 4.00. The number of nitrogens with zero attached hydrogens (tertiary/aromatic N) is 1. The maximum absolute atomic E-state index is 13.2. The molecule has 1 aliphatic carbocycles. The predicted molar refractivity (Wildman–Crippen MR) is 135 cm³/mol. The summed E-state index contributed by atoms with van der Waals surface area (Å²) in [5.74, 6) is 0.593. The Hall–Kier alpha value is -2.28. The molecule has 33 heavy (non-hydrogen) atoms. The average Bonchev–Trinajstić information content (AvgIpc) is 2.85. The van der Waals surface area contributed by atoms with Gasteiger partial charge in [0, 0.05) is 18.0 Å². The van der Waals surface area contributed by atoms with Crippen molar-refractivity contribution in [2.75, 3.05) is 12.0 Å². The van der Waals surface area contributed by atoms with E-state index in [1.807, 2.05) is 56.3 Å². The van der Waals surface area contributed by atoms with Crippen LogP contribution in [-0.4, -0.2) is 34.8 Å². The molecule has 0 saturated carbocycles. The molecule has 0 bridgehead atoms. The first kappa shape index (κ1) is 25.3. The molecule has 5 atom stereocenters. The summed E-state index contributed by atoms with van der Waals surface area (Å²) in [4.78, 5) is 2.22. The minimum absolute atomic E-state index is 0.0185. The molecule has 4 nitrogen and oxygen atoms in total. The molecule has 4 rings (SSSR count). The van der Waals surface area contributed by atoms with E-state index in [9.17, 15) is 14.6 Å². The van der Waals surface area contributed by atoms with Gasteiger partial charge < -0.3 is 19.8 Å². The van der Waals surface area contributed by atoms with Gasteiger partial charge in [-0.05, 0) is 54.3 Å². The molecule has 2 aromatic carbocycles. The zero-order chi connectivity index (χ0) is 24.0. The number of ether oxygens (including phenoxy) is 1. The van der Waals surface area contributed by atoms with Gasteiger partial charge in [-0.15, -0.1) is 0 Å². The number of rotatable bonds is 7. The van der Waals surface area contributed by atoms with E-state index in [0.29, 0.717) is 18.4 Å². The van der Waals surface area contributed by atoms with Gasteiger partial charge in [-0.3, -0.25) is 0 Å². The predicted octanol–water partition coefficient (Wildman–Crippen LogP) is 5.65. The second kappa shape index (κ2) is 11.7. The first-order valence-electron chi connectivity index (χ1n) is 11.6. The Morgan fingerprint density at radius 1 is 1.09 bits per heavy atom. The minimum atomic E-state index is -0.669. The Labute approximate surface area is 201 Å². The molecule has 178 valence electrons. The Balaban J connectivity index is 0.00000149. The van der Waals surface area contributed by atoms with Crippen molar-refractivity contribution in [3.05, 3.63) is 89.5 Å². The van der Waals surface area contributed by atoms with Crippen LogP contribution in [0.25, 0.3) is 0 Å². The fourth-order valence-corrected chi connectivity index (χ4v) is 5.18. The Kier molecular flexibility index (Phi) is 9.01. The van der Waals surface area contributed by atoms with E-state index in [4.69, 9.17) is 17.4 Å². The Morgan fingerprint density at radius 3 is 2.36 bits per heavy atom. The van der Waals surface area contributed by atoms with Crippen LogP contribution in [-0.2, 0) is 4.74 Å². The van der Waals surface area contributed by atoms with E-state index in [1.54, 1.807) is 19.2 Å². The third-order valence-electron chi connectivity index (χ3n) is 6.30. The number of aliphatic hydroxyl groups is 2. The summed E-state index contributed by atoms with van der Waals surface area (Å²) in [7, 11) is 1.61. The summed E-state index contributed by atoms with van der Waals surface area (Å²) < 4.78 is 18.5. The van der Waals surface area contributed by atoms with Crippen LogP contribution in [0.3, 0.4) is 0 Å². The van der Waals surface area contributed by atoms with Crippen molar-refractivity contribution in [2.45, 2.75) is 56.7 Å². The topological polar surface area (TPSA) is 52.9 Å². The van der Waals surface area contributed by atoms with Crippen LogP contribution >= 0.6 is 12.6 Å². The van der Waals surface area contributed by atoms with E-state index in [1.165, 1.54) is 12.1 Å². The maximum Gasteiger partial charge on any atom is 0.123 e. The summed E-state index contributed by atoms with van der Waals surface area (Å²) >= 11 is 4.88. The van der Waals surface area contributed by atoms with Gasteiger partial charge in [0.1, 0.15) is 5.82 Å². The highest BCUT2D eigenvalue weighted by atomic mass is 32.1. The lowest BCUT2D eigenvalue weighted by molar-refractivity contribution is 0.129. The Morgan fingerprint density at radius 2 is 1.76 bits per heavy atom. The van der Waals surface area contributed by atoms with Crippen molar-refractivity contribution in [3.8, 4) is 0 Å². The number of anilines is 1. The molecule has 2 aromatic rings. The Bertz CT molecular complexity index is 948. The molecule has 1 fully saturated rings. The minimum Gasteiger partial charge on any atom is -0.501 e. The fraction of sp³-hybridized carbons (Fsp3) is 0.407. The van der Waals surface area contributed by atoms with Crippen LogP contribution in [0.4, 0.5) is 10.1 Å². The number of hydrogen-bond acceptors (Lipinski definition) is 5. The highest BCUT2D eigenvalue weighted by molar-refractivity contribution is 7.81. The van der Waals surface area contributed by atoms with E-state index in [-0.39, 0.29) is 23.2 Å². The number of para-hydroxylation sites is 1. The van der Waals surface area contributed by atoms with Gasteiger partial charge in [-0.25, -0.2) is 4.39 Å². The second-order valence-corrected chi connectivity index (χ2v) is 8.66. The molecule has 2 N–H and O–H groups in total. The lowest BCUT2D eigenvalue weighted by atomic mass is 9.75. The van der Waals surface area contributed by atoms with Crippen LogP contribution in [0, 0.1) is 11.7 Å². The van der Waals surface area contributed by atoms with Crippen LogP contribution in [0.1, 0.15) is 44.8 Å². The normalized spacial score (nSPS) is 25.1. The van der Waals surface area contributed by atoms with E-state index in [0.717, 1.165) is 23.4 Å². The number of allylic oxidation sites excluding steroid dienone is 2. The molecule has 1 aliphatic heterocycles. The zero-order valence-corrected chi connectivity index (χ0v) is 20.3. The average molecular weight is 472 g/mol. The van der Waals surface area contributed by atoms with Crippen LogP contribution < -0.4 is 4.90 Å². The molecule has 6 heteroatoms. The molecule has 5 unspecified atom stereocenters. The van der Waals surface area contributed by atoms with E-state index < -0.39 is 12.2 Å². The van der Waals surface area contributed by atoms with Crippen molar-refractivity contribution >= 4 is 18.3 Å². The molecule has 1 saturated heterocycles. The molecule has 1 heterocycles. The zero-order valence-electron chi connectivity index (χ0n) is 19.4. The van der Waals surface area contributed by atoms with Gasteiger partial charge in [-0.2, -0.15) is 12.6 Å². The summed E-state index contributed by atoms with van der Waals surface area (Å²) in [5, 5.41) is 21.4. The van der Waals surface area contributed by atoms with Crippen LogP contribution in [0.15, 0.2) is 78.1 Å². The fourth-order valence-electron chi connectivity index (χ4n) is 4.59. The highest BCUT2D eigenvalue weighted by Gasteiger charge is 2.49. The lowest BCUT2D eigenvalue weighted by Gasteiger charge is -2.57. The lowest BCUT2D eigenvalue weighted by Crippen LogP contribution is -2.64. The highest BCUT2D eigenvalue weighted by Crippen LogP contribution is 2.47. The third kappa shape index (κ3) is 5.62. The van der Waals surface area contributed by atoms with Gasteiger partial charge in [0.25, 0.3) is 0 Å². The molecule has 0 aromatic heterocycles. The largest absolute Gasteiger partial charge is 0.501 e. The van der Waals surface area contributed by atoms with Gasteiger partial charge in [0.15, 0.2) is 0 Å². The number of benzene rings is 2. The van der Waals surface area contributed by atoms with Gasteiger partial charge in [-0.1, -0.05) is 50.3 Å². The van der Waals surface area contributed by atoms with E-state index >= 15 is 0 Å². The molecule has 2 aliphatic rings. The van der Waals surface area contributed by atoms with Crippen molar-refractivity contribution in [1.29, 1.82) is 0 Å².